The quantitative estimate of drug-likeness (QED) is 0.120. The van der Waals surface area contributed by atoms with E-state index in [4.69, 9.17) is 0 Å². The average molecular weight is 2040 g/mol. The summed E-state index contributed by atoms with van der Waals surface area (Å²) in [5.74, 6) is 35.8. The second kappa shape index (κ2) is 45.8. The number of allylic oxidation sites excluding steroid dienone is 8. The molecule has 149 heavy (non-hydrogen) atoms. The van der Waals surface area contributed by atoms with Crippen LogP contribution in [0.1, 0.15) is 598 Å². The number of rotatable bonds is 18. The summed E-state index contributed by atoms with van der Waals surface area (Å²) < 4.78 is 0. The molecular formula is C149H252. The molecule has 0 saturated heterocycles. The molecule has 0 bridgehead atoms. The third-order valence-electron chi connectivity index (χ3n) is 59.1. The van der Waals surface area contributed by atoms with Crippen LogP contribution < -0.4 is 0 Å². The van der Waals surface area contributed by atoms with Crippen LogP contribution >= 0.6 is 0 Å². The first-order chi connectivity index (χ1) is 70.8. The van der Waals surface area contributed by atoms with E-state index in [-0.39, 0.29) is 0 Å². The van der Waals surface area contributed by atoms with Gasteiger partial charge in [-0.2, -0.15) is 0 Å². The van der Waals surface area contributed by atoms with E-state index in [2.05, 4.69) is 218 Å². The van der Waals surface area contributed by atoms with Gasteiger partial charge in [0.25, 0.3) is 0 Å². The van der Waals surface area contributed by atoms with Crippen molar-refractivity contribution in [1.29, 1.82) is 0 Å². The molecule has 0 aromatic heterocycles. The van der Waals surface area contributed by atoms with E-state index in [9.17, 15) is 0 Å². The molecule has 45 atom stereocenters. The molecule has 0 N–H and O–H groups in total. The predicted octanol–water partition coefficient (Wildman–Crippen LogP) is 45.7. The third kappa shape index (κ3) is 21.5. The fourth-order valence-electron chi connectivity index (χ4n) is 49.6. The van der Waals surface area contributed by atoms with Crippen molar-refractivity contribution in [3.05, 3.63) is 59.3 Å². The van der Waals surface area contributed by atoms with Crippen molar-refractivity contribution in [3.8, 4) is 0 Å². The Morgan fingerprint density at radius 3 is 0.946 bits per heavy atom. The summed E-state index contributed by atoms with van der Waals surface area (Å²) in [6, 6.07) is 0. The molecule has 21 saturated carbocycles. The summed E-state index contributed by atoms with van der Waals surface area (Å²) in [5.41, 5.74) is 16.3. The van der Waals surface area contributed by atoms with E-state index in [1.54, 1.807) is 56.1 Å². The van der Waals surface area contributed by atoms with E-state index in [0.717, 1.165) is 224 Å². The van der Waals surface area contributed by atoms with Gasteiger partial charge < -0.3 is 0 Å². The van der Waals surface area contributed by atoms with E-state index in [0.29, 0.717) is 54.1 Å². The van der Waals surface area contributed by atoms with Crippen molar-refractivity contribution in [2.24, 2.45) is 278 Å². The molecule has 0 heterocycles. The first kappa shape index (κ1) is 116. The Labute approximate surface area is 928 Å². The zero-order valence-corrected chi connectivity index (χ0v) is 105. The molecule has 0 aromatic rings. The van der Waals surface area contributed by atoms with Crippen LogP contribution in [0.15, 0.2) is 59.3 Å². The highest BCUT2D eigenvalue weighted by Crippen LogP contribution is 2.77. The Hall–Kier alpha value is -1.30. The molecule has 0 amide bonds. The standard InChI is InChI=1S/C30H52.C29H50.C28H48.2C21H34.C20H34/c1-7-9-23-16-18-29(5)24(20-23)12-13-25-27-15-14-26(22(4)11-8-10-21(2)3)30(27,6)19-17-28(25)29;1-7-22-15-17-28(5)23(19-22)11-12-24-26-14-13-25(21(4)10-8-9-20(2)3)29(26,6)18-16-27(24)28;1-19(2)8-7-9-21(4)24-12-13-25-23-11-10-22-18-20(3)14-16-27(22,5)26(23)15-17-28(24,25)6;2*1-14-9-11-21(4)16(13-14)6-7-17-18-8-5-15(2)20(18,3)12-10-19(17)21;1-14-8-12-20(3)15(13-14)6-7-16-17-5-4-10-19(17,2)11-9-18(16)20/h12,21-23,25-28H,7-11,13-20H2,1-6H3;11,20-22,24-27H,7-10,12-19H2,1-6H3;10,19-21,23-26H,7-9,11-18H2,1-6H3;2*14,16-19H,2,5-13H2,1,3-4H3;14-18H,4-13H2,1-3H3/t22-,23+,25+,26-,27+,28+,29+,30-;21-,22+,24+,25-,26+,27+,28+,29-;20-,21+,23-,24+,25-,26-,27-,28+;14-,16+,17+,18+,19+,20-,21+;14-,16-,17-,18-,19-,20+,21-;14-,15+,16+,17+,18+,19+,20+/m110101/s1. The van der Waals surface area contributed by atoms with Crippen LogP contribution in [0.2, 0.25) is 0 Å². The van der Waals surface area contributed by atoms with Crippen LogP contribution in [0.3, 0.4) is 0 Å². The van der Waals surface area contributed by atoms with Gasteiger partial charge in [-0.25, -0.2) is 0 Å². The smallest absolute Gasteiger partial charge is 0.00851 e. The molecule has 21 fully saturated rings. The lowest BCUT2D eigenvalue weighted by Crippen LogP contribution is -2.52. The number of hydrogen-bond acceptors (Lipinski definition) is 0. The lowest BCUT2D eigenvalue weighted by atomic mass is 9.44. The highest BCUT2D eigenvalue weighted by atomic mass is 14.7. The third-order valence-corrected chi connectivity index (χ3v) is 59.1. The summed E-state index contributed by atoms with van der Waals surface area (Å²) >= 11 is 0. The van der Waals surface area contributed by atoms with E-state index in [1.165, 1.54) is 366 Å². The topological polar surface area (TPSA) is 0 Å². The van der Waals surface area contributed by atoms with Gasteiger partial charge in [0.15, 0.2) is 0 Å². The minimum Gasteiger partial charge on any atom is -0.0993 e. The van der Waals surface area contributed by atoms with E-state index < -0.39 is 0 Å². The van der Waals surface area contributed by atoms with Crippen molar-refractivity contribution >= 4 is 0 Å². The minimum absolute atomic E-state index is 0.506. The zero-order valence-electron chi connectivity index (χ0n) is 105. The monoisotopic (exact) mass is 2040 g/mol. The molecule has 0 radical (unpaired) electrons. The number of fused-ring (bicyclic) bond motifs is 30. The van der Waals surface area contributed by atoms with Gasteiger partial charge in [0.2, 0.25) is 0 Å². The van der Waals surface area contributed by atoms with Crippen molar-refractivity contribution in [2.45, 2.75) is 598 Å². The fraction of sp³-hybridized carbons (Fsp3) is 0.933. The fourth-order valence-corrected chi connectivity index (χ4v) is 49.6. The van der Waals surface area contributed by atoms with E-state index >= 15 is 0 Å². The molecule has 0 nitrogen and oxygen atoms in total. The summed E-state index contributed by atoms with van der Waals surface area (Å²) in [4.78, 5) is 0. The highest BCUT2D eigenvalue weighted by molar-refractivity contribution is 5.31. The molecule has 24 aliphatic rings. The molecule has 0 aromatic carbocycles. The Morgan fingerprint density at radius 1 is 0.268 bits per heavy atom. The largest absolute Gasteiger partial charge is 0.0993 e. The van der Waals surface area contributed by atoms with Gasteiger partial charge in [-0.15, -0.1) is 0 Å². The maximum atomic E-state index is 4.46. The summed E-state index contributed by atoms with van der Waals surface area (Å²) in [7, 11) is 0. The van der Waals surface area contributed by atoms with Gasteiger partial charge in [-0.3, -0.25) is 0 Å². The summed E-state index contributed by atoms with van der Waals surface area (Å²) in [5, 5.41) is 0. The van der Waals surface area contributed by atoms with Gasteiger partial charge in [-0.05, 0) is 586 Å². The summed E-state index contributed by atoms with van der Waals surface area (Å²) in [6.07, 6.45) is 103. The van der Waals surface area contributed by atoms with Gasteiger partial charge in [0.05, 0.1) is 0 Å². The Balaban J connectivity index is 0.000000113. The predicted molar refractivity (Wildman–Crippen MR) is 646 cm³/mol. The second-order valence-electron chi connectivity index (χ2n) is 67.5. The Bertz CT molecular complexity index is 4440. The number of hydrogen-bond donors (Lipinski definition) is 0. The van der Waals surface area contributed by atoms with Crippen LogP contribution in [0.25, 0.3) is 0 Å². The van der Waals surface area contributed by atoms with Crippen LogP contribution in [-0.2, 0) is 0 Å². The Kier molecular flexibility index (Phi) is 35.6. The van der Waals surface area contributed by atoms with Gasteiger partial charge >= 0.3 is 0 Å². The lowest BCUT2D eigenvalue weighted by Gasteiger charge is -2.60. The molecule has 0 unspecified atom stereocenters. The van der Waals surface area contributed by atoms with Crippen LogP contribution in [-0.4, -0.2) is 0 Å². The normalized spacial score (nSPS) is 50.3. The second-order valence-corrected chi connectivity index (χ2v) is 67.5. The lowest BCUT2D eigenvalue weighted by molar-refractivity contribution is -0.110. The van der Waals surface area contributed by atoms with Gasteiger partial charge in [-0.1, -0.05) is 349 Å². The van der Waals surface area contributed by atoms with Crippen molar-refractivity contribution in [2.75, 3.05) is 0 Å². The average Bonchev–Trinajstić information content (AvgIpc) is 1.72. The van der Waals surface area contributed by atoms with Crippen LogP contribution in [0, 0.1) is 278 Å². The minimum atomic E-state index is 0.506. The van der Waals surface area contributed by atoms with Gasteiger partial charge in [0, 0.05) is 0 Å². The zero-order chi connectivity index (χ0) is 106. The molecule has 0 spiro atoms. The van der Waals surface area contributed by atoms with Crippen molar-refractivity contribution in [3.63, 3.8) is 0 Å². The van der Waals surface area contributed by atoms with Crippen molar-refractivity contribution in [1.82, 2.24) is 0 Å². The maximum absolute atomic E-state index is 4.46. The molecule has 24 aliphatic carbocycles. The first-order valence-corrected chi connectivity index (χ1v) is 69.2. The van der Waals surface area contributed by atoms with E-state index in [1.807, 2.05) is 16.7 Å². The molecule has 0 aliphatic heterocycles. The molecular weight excluding hydrogens is 1790 g/mol. The van der Waals surface area contributed by atoms with Crippen molar-refractivity contribution < 1.29 is 0 Å². The maximum Gasteiger partial charge on any atom is -0.00851 e. The van der Waals surface area contributed by atoms with Gasteiger partial charge in [0.1, 0.15) is 0 Å². The molecule has 848 valence electrons. The molecule has 24 rings (SSSR count). The SMILES string of the molecule is C=C1CC[C@H]2[C@@H]3CC[C@H]4C[C@@H](C)CC[C@]4(C)[C@H]3CC[C@]12C.C=C1CC[C@H]2[C@@H]3CC[C@H]4C[C@H](C)CC[C@]4(C)[C@H]3CC[C@]12C.CC(C)CCC[C@@H](C)[C@H]1CC[C@H]2[C@@H]3CC=C4C[C@@H](C)CC[C@]4(C)[C@H]3CC[C@]12C.CCC[C@H]1CC[C@@]2(C)C(=CC[C@H]3[C@@H]4CC[C@H]([C@H](C)CCCC(C)C)[C@@]4(C)CC[C@@H]32)C1.CC[C@H]1CC[C@@]2(C)C(=CC[C@H]3[C@@H]4CC[C@H]([C@H](C)CCCC(C)C)[C@@]4(C)CC[C@@H]32)C1.C[C@@H]1CC[C@@]2(C)[C@@H](CC[C@H]3[C@@H]4CCC[C@@]4(C)CC[C@@H]32)C1. The summed E-state index contributed by atoms with van der Waals surface area (Å²) in [6.45, 7) is 77.9. The van der Waals surface area contributed by atoms with Crippen LogP contribution in [0.4, 0.5) is 0 Å². The highest BCUT2D eigenvalue weighted by Gasteiger charge is 2.67. The van der Waals surface area contributed by atoms with Crippen LogP contribution in [0.5, 0.6) is 0 Å². The molecule has 0 heteroatoms. The Morgan fingerprint density at radius 2 is 0.577 bits per heavy atom. The first-order valence-electron chi connectivity index (χ1n) is 69.2.